The zero-order valence-electron chi connectivity index (χ0n) is 5.37. The van der Waals surface area contributed by atoms with E-state index >= 15 is 0 Å². The van der Waals surface area contributed by atoms with Crippen molar-refractivity contribution < 1.29 is 4.79 Å². The quantitative estimate of drug-likeness (QED) is 0.543. The Balaban J connectivity index is 2.98. The largest absolute Gasteiger partial charge is 0.346 e. The van der Waals surface area contributed by atoms with Crippen LogP contribution in [0.5, 0.6) is 0 Å². The van der Waals surface area contributed by atoms with Gasteiger partial charge in [-0.2, -0.15) is 0 Å². The third-order valence-electron chi connectivity index (χ3n) is 1.33. The maximum Gasteiger partial charge on any atom is 0.166 e. The summed E-state index contributed by atoms with van der Waals surface area (Å²) in [5.74, 6) is 0. The highest BCUT2D eigenvalue weighted by Gasteiger charge is 1.92. The molecule has 0 radical (unpaired) electrons. The number of nitrogens with zero attached hydrogens (tertiary/aromatic N) is 1. The van der Waals surface area contributed by atoms with E-state index in [9.17, 15) is 4.79 Å². The minimum absolute atomic E-state index is 0.748. The average Bonchev–Trinajstić information content (AvgIpc) is 2.33. The van der Waals surface area contributed by atoms with E-state index in [2.05, 4.69) is 0 Å². The topological polar surface area (TPSA) is 22.0 Å². The van der Waals surface area contributed by atoms with Gasteiger partial charge in [-0.05, 0) is 19.1 Å². The Labute approximate surface area is 54.1 Å². The van der Waals surface area contributed by atoms with Crippen LogP contribution in [0.3, 0.4) is 0 Å². The summed E-state index contributed by atoms with van der Waals surface area (Å²) in [6.45, 7) is 2.87. The van der Waals surface area contributed by atoms with Gasteiger partial charge in [-0.3, -0.25) is 4.79 Å². The highest BCUT2D eigenvalue weighted by Crippen LogP contribution is 1.96. The van der Waals surface area contributed by atoms with Gasteiger partial charge < -0.3 is 4.57 Å². The van der Waals surface area contributed by atoms with Crippen molar-refractivity contribution in [2.75, 3.05) is 0 Å². The maximum absolute atomic E-state index is 10.2. The molecule has 0 aliphatic carbocycles. The molecule has 0 aliphatic rings. The second-order valence-corrected chi connectivity index (χ2v) is 1.84. The number of aromatic nitrogens is 1. The van der Waals surface area contributed by atoms with Crippen LogP contribution in [-0.2, 0) is 6.54 Å². The van der Waals surface area contributed by atoms with Crippen LogP contribution in [-0.4, -0.2) is 10.9 Å². The fourth-order valence-electron chi connectivity index (χ4n) is 0.822. The zero-order valence-corrected chi connectivity index (χ0v) is 5.37. The van der Waals surface area contributed by atoms with E-state index in [0.29, 0.717) is 0 Å². The molecule has 0 spiro atoms. The third kappa shape index (κ3) is 1.02. The van der Waals surface area contributed by atoms with Crippen LogP contribution in [0, 0.1) is 0 Å². The van der Waals surface area contributed by atoms with E-state index in [1.54, 1.807) is 6.07 Å². The number of carbonyl (C=O) groups excluding carboxylic acids is 1. The molecule has 1 aromatic heterocycles. The SMILES string of the molecule is CCn1cccc1C=O. The smallest absolute Gasteiger partial charge is 0.166 e. The summed E-state index contributed by atoms with van der Waals surface area (Å²) in [6.07, 6.45) is 2.76. The molecule has 0 saturated carbocycles. The first-order valence-electron chi connectivity index (χ1n) is 2.98. The van der Waals surface area contributed by atoms with Crippen molar-refractivity contribution in [3.05, 3.63) is 24.0 Å². The van der Waals surface area contributed by atoms with Crippen LogP contribution in [0.15, 0.2) is 18.3 Å². The van der Waals surface area contributed by atoms with Crippen molar-refractivity contribution in [3.63, 3.8) is 0 Å². The molecule has 0 aromatic carbocycles. The molecule has 1 aromatic rings. The molecule has 0 bridgehead atoms. The van der Waals surface area contributed by atoms with Gasteiger partial charge in [-0.1, -0.05) is 0 Å². The van der Waals surface area contributed by atoms with E-state index in [0.717, 1.165) is 18.5 Å². The van der Waals surface area contributed by atoms with Crippen molar-refractivity contribution >= 4 is 6.29 Å². The molecule has 1 heterocycles. The summed E-state index contributed by atoms with van der Waals surface area (Å²) in [5, 5.41) is 0. The van der Waals surface area contributed by atoms with E-state index < -0.39 is 0 Å². The number of rotatable bonds is 2. The summed E-state index contributed by atoms with van der Waals surface area (Å²) in [6, 6.07) is 3.67. The number of hydrogen-bond acceptors (Lipinski definition) is 1. The van der Waals surface area contributed by atoms with Crippen molar-refractivity contribution in [1.29, 1.82) is 0 Å². The van der Waals surface area contributed by atoms with Gasteiger partial charge in [0, 0.05) is 12.7 Å². The monoisotopic (exact) mass is 123 g/mol. The normalized spacial score (nSPS) is 9.44. The molecule has 0 aliphatic heterocycles. The first kappa shape index (κ1) is 6.08. The lowest BCUT2D eigenvalue weighted by Gasteiger charge is -1.96. The Kier molecular flexibility index (Phi) is 1.68. The molecule has 0 atom stereocenters. The van der Waals surface area contributed by atoms with E-state index in [4.69, 9.17) is 0 Å². The second kappa shape index (κ2) is 2.49. The number of hydrogen-bond donors (Lipinski definition) is 0. The van der Waals surface area contributed by atoms with E-state index in [-0.39, 0.29) is 0 Å². The van der Waals surface area contributed by atoms with Gasteiger partial charge in [0.1, 0.15) is 0 Å². The summed E-state index contributed by atoms with van der Waals surface area (Å²) in [4.78, 5) is 10.2. The molecule has 0 saturated heterocycles. The summed E-state index contributed by atoms with van der Waals surface area (Å²) in [7, 11) is 0. The van der Waals surface area contributed by atoms with Crippen LogP contribution in [0.2, 0.25) is 0 Å². The van der Waals surface area contributed by atoms with Crippen molar-refractivity contribution in [2.45, 2.75) is 13.5 Å². The molecule has 9 heavy (non-hydrogen) atoms. The van der Waals surface area contributed by atoms with E-state index in [1.807, 2.05) is 23.8 Å². The maximum atomic E-state index is 10.2. The molecule has 2 nitrogen and oxygen atoms in total. The predicted octanol–water partition coefficient (Wildman–Crippen LogP) is 1.32. The zero-order chi connectivity index (χ0) is 6.69. The van der Waals surface area contributed by atoms with Gasteiger partial charge in [0.2, 0.25) is 0 Å². The van der Waals surface area contributed by atoms with Crippen LogP contribution in [0.25, 0.3) is 0 Å². The Morgan fingerprint density at radius 1 is 1.78 bits per heavy atom. The molecular formula is C7H9NO. The number of aryl methyl sites for hydroxylation is 1. The van der Waals surface area contributed by atoms with Crippen molar-refractivity contribution in [1.82, 2.24) is 4.57 Å². The Morgan fingerprint density at radius 2 is 2.56 bits per heavy atom. The molecule has 0 amide bonds. The highest BCUT2D eigenvalue weighted by molar-refractivity contribution is 5.72. The molecule has 0 N–H and O–H groups in total. The lowest BCUT2D eigenvalue weighted by molar-refractivity contribution is 0.111. The average molecular weight is 123 g/mol. The molecular weight excluding hydrogens is 114 g/mol. The predicted molar refractivity (Wildman–Crippen MR) is 35.5 cm³/mol. The summed E-state index contributed by atoms with van der Waals surface area (Å²) < 4.78 is 1.90. The molecule has 1 rings (SSSR count). The lowest BCUT2D eigenvalue weighted by Crippen LogP contribution is -1.96. The molecule has 48 valence electrons. The number of aldehydes is 1. The lowest BCUT2D eigenvalue weighted by atomic mass is 10.5. The Bertz CT molecular complexity index is 202. The van der Waals surface area contributed by atoms with Crippen LogP contribution in [0.4, 0.5) is 0 Å². The molecule has 2 heteroatoms. The van der Waals surface area contributed by atoms with E-state index in [1.165, 1.54) is 0 Å². The fourth-order valence-corrected chi connectivity index (χ4v) is 0.822. The second-order valence-electron chi connectivity index (χ2n) is 1.84. The highest BCUT2D eigenvalue weighted by atomic mass is 16.1. The Hall–Kier alpha value is -1.05. The standard InChI is InChI=1S/C7H9NO/c1-2-8-5-3-4-7(8)6-9/h3-6H,2H2,1H3. The van der Waals surface area contributed by atoms with Gasteiger partial charge in [0.05, 0.1) is 5.69 Å². The summed E-state index contributed by atoms with van der Waals surface area (Å²) in [5.41, 5.74) is 0.748. The molecule has 0 unspecified atom stereocenters. The van der Waals surface area contributed by atoms with Gasteiger partial charge in [-0.25, -0.2) is 0 Å². The molecule has 0 fully saturated rings. The third-order valence-corrected chi connectivity index (χ3v) is 1.33. The van der Waals surface area contributed by atoms with Crippen molar-refractivity contribution in [2.24, 2.45) is 0 Å². The van der Waals surface area contributed by atoms with Gasteiger partial charge in [0.15, 0.2) is 6.29 Å². The minimum Gasteiger partial charge on any atom is -0.346 e. The fraction of sp³-hybridized carbons (Fsp3) is 0.286. The minimum atomic E-state index is 0.748. The van der Waals surface area contributed by atoms with Crippen molar-refractivity contribution in [3.8, 4) is 0 Å². The van der Waals surface area contributed by atoms with Crippen LogP contribution >= 0.6 is 0 Å². The summed E-state index contributed by atoms with van der Waals surface area (Å²) >= 11 is 0. The van der Waals surface area contributed by atoms with Gasteiger partial charge in [0.25, 0.3) is 0 Å². The van der Waals surface area contributed by atoms with Crippen LogP contribution in [0.1, 0.15) is 17.4 Å². The first-order chi connectivity index (χ1) is 4.38. The first-order valence-corrected chi connectivity index (χ1v) is 2.98. The van der Waals surface area contributed by atoms with Crippen LogP contribution < -0.4 is 0 Å². The van der Waals surface area contributed by atoms with Gasteiger partial charge in [-0.15, -0.1) is 0 Å². The van der Waals surface area contributed by atoms with Gasteiger partial charge >= 0.3 is 0 Å². The number of carbonyl (C=O) groups is 1. The Morgan fingerprint density at radius 3 is 3.00 bits per heavy atom.